The van der Waals surface area contributed by atoms with Crippen molar-refractivity contribution in [3.05, 3.63) is 21.9 Å². The summed E-state index contributed by atoms with van der Waals surface area (Å²) < 4.78 is 0. The Bertz CT molecular complexity index is 460. The number of rotatable bonds is 5. The fourth-order valence-electron chi connectivity index (χ4n) is 3.03. The van der Waals surface area contributed by atoms with E-state index < -0.39 is 0 Å². The number of nitrogens with zero attached hydrogens (tertiary/aromatic N) is 1. The van der Waals surface area contributed by atoms with Crippen LogP contribution >= 0.6 is 11.3 Å². The van der Waals surface area contributed by atoms with E-state index in [1.807, 2.05) is 0 Å². The molecule has 1 aromatic heterocycles. The van der Waals surface area contributed by atoms with Crippen LogP contribution in [-0.4, -0.2) is 29.9 Å². The van der Waals surface area contributed by atoms with Crippen molar-refractivity contribution in [1.82, 2.24) is 4.90 Å². The van der Waals surface area contributed by atoms with Crippen molar-refractivity contribution in [2.45, 2.75) is 45.2 Å². The van der Waals surface area contributed by atoms with Crippen molar-refractivity contribution in [3.8, 4) is 0 Å². The second kappa shape index (κ2) is 6.70. The molecule has 4 nitrogen and oxygen atoms in total. The van der Waals surface area contributed by atoms with Crippen molar-refractivity contribution >= 4 is 17.2 Å². The number of hydrogen-bond donors (Lipinski definition) is 2. The first kappa shape index (κ1) is 15.5. The third-order valence-electron chi connectivity index (χ3n) is 4.30. The first-order valence-corrected chi connectivity index (χ1v) is 8.25. The Kier molecular flexibility index (Phi) is 5.18. The minimum atomic E-state index is -0.179. The van der Waals surface area contributed by atoms with Gasteiger partial charge in [0.15, 0.2) is 0 Å². The second-order valence-electron chi connectivity index (χ2n) is 5.72. The summed E-state index contributed by atoms with van der Waals surface area (Å²) in [5.74, 6) is -0.211. The summed E-state index contributed by atoms with van der Waals surface area (Å²) in [5.41, 5.74) is 13.2. The molecule has 20 heavy (non-hydrogen) atoms. The predicted molar refractivity (Wildman–Crippen MR) is 83.6 cm³/mol. The topological polar surface area (TPSA) is 72.3 Å². The van der Waals surface area contributed by atoms with Crippen LogP contribution in [0.5, 0.6) is 0 Å². The molecule has 0 aliphatic carbocycles. The van der Waals surface area contributed by atoms with Gasteiger partial charge in [-0.15, -0.1) is 11.3 Å². The highest BCUT2D eigenvalue weighted by molar-refractivity contribution is 7.10. The maximum atomic E-state index is 11.5. The second-order valence-corrected chi connectivity index (χ2v) is 6.67. The zero-order valence-corrected chi connectivity index (χ0v) is 13.2. The number of aryl methyl sites for hydroxylation is 1. The normalized spacial score (nSPS) is 23.4. The molecule has 4 N–H and O–H groups in total. The average molecular weight is 295 g/mol. The number of carbonyl (C=O) groups is 1. The molecular formula is C15H25N3OS. The molecule has 1 aliphatic heterocycles. The molecule has 2 heterocycles. The summed E-state index contributed by atoms with van der Waals surface area (Å²) in [5, 5.41) is 2.12. The minimum absolute atomic E-state index is 0.0319. The molecule has 0 aromatic carbocycles. The van der Waals surface area contributed by atoms with Crippen LogP contribution in [-0.2, 0) is 4.79 Å². The fourth-order valence-corrected chi connectivity index (χ4v) is 4.17. The van der Waals surface area contributed by atoms with Gasteiger partial charge in [0.25, 0.3) is 0 Å². The first-order chi connectivity index (χ1) is 9.54. The SMILES string of the molecule is CCC(N)C(c1sccc1C)N1CCCC(C(N)=O)C1. The molecule has 3 unspecified atom stereocenters. The number of amides is 1. The summed E-state index contributed by atoms with van der Waals surface area (Å²) in [4.78, 5) is 15.2. The fraction of sp³-hybridized carbons (Fsp3) is 0.667. The van der Waals surface area contributed by atoms with E-state index in [1.165, 1.54) is 10.4 Å². The monoisotopic (exact) mass is 295 g/mol. The molecule has 2 rings (SSSR count). The molecule has 1 amide bonds. The highest BCUT2D eigenvalue weighted by Crippen LogP contribution is 2.34. The molecule has 1 fully saturated rings. The Morgan fingerprint density at radius 2 is 2.35 bits per heavy atom. The van der Waals surface area contributed by atoms with Crippen LogP contribution < -0.4 is 11.5 Å². The molecule has 0 radical (unpaired) electrons. The van der Waals surface area contributed by atoms with Crippen molar-refractivity contribution in [2.75, 3.05) is 13.1 Å². The number of hydrogen-bond acceptors (Lipinski definition) is 4. The van der Waals surface area contributed by atoms with E-state index in [2.05, 4.69) is 30.2 Å². The maximum Gasteiger partial charge on any atom is 0.221 e. The lowest BCUT2D eigenvalue weighted by molar-refractivity contribution is -0.123. The van der Waals surface area contributed by atoms with Gasteiger partial charge in [-0.05, 0) is 49.7 Å². The summed E-state index contributed by atoms with van der Waals surface area (Å²) in [6, 6.07) is 2.45. The van der Waals surface area contributed by atoms with E-state index in [-0.39, 0.29) is 23.9 Å². The van der Waals surface area contributed by atoms with Crippen LogP contribution in [0.4, 0.5) is 0 Å². The van der Waals surface area contributed by atoms with Crippen molar-refractivity contribution < 1.29 is 4.79 Å². The Balaban J connectivity index is 2.23. The smallest absolute Gasteiger partial charge is 0.221 e. The predicted octanol–water partition coefficient (Wildman–Crippen LogP) is 2.03. The van der Waals surface area contributed by atoms with Crippen LogP contribution in [0.25, 0.3) is 0 Å². The van der Waals surface area contributed by atoms with E-state index in [9.17, 15) is 4.79 Å². The Hall–Kier alpha value is -0.910. The van der Waals surface area contributed by atoms with Gasteiger partial charge in [-0.2, -0.15) is 0 Å². The molecule has 0 spiro atoms. The van der Waals surface area contributed by atoms with Gasteiger partial charge >= 0.3 is 0 Å². The molecule has 1 aromatic rings. The first-order valence-electron chi connectivity index (χ1n) is 7.37. The third kappa shape index (κ3) is 3.22. The maximum absolute atomic E-state index is 11.5. The number of primary amides is 1. The van der Waals surface area contributed by atoms with E-state index >= 15 is 0 Å². The number of nitrogens with two attached hydrogens (primary N) is 2. The van der Waals surface area contributed by atoms with Crippen molar-refractivity contribution in [2.24, 2.45) is 17.4 Å². The molecule has 0 bridgehead atoms. The van der Waals surface area contributed by atoms with Crippen LogP contribution in [0.15, 0.2) is 11.4 Å². The molecule has 5 heteroatoms. The lowest BCUT2D eigenvalue weighted by Gasteiger charge is -2.39. The van der Waals surface area contributed by atoms with Gasteiger partial charge in [0.1, 0.15) is 0 Å². The van der Waals surface area contributed by atoms with E-state index in [1.54, 1.807) is 11.3 Å². The zero-order valence-electron chi connectivity index (χ0n) is 12.3. The van der Waals surface area contributed by atoms with Gasteiger partial charge in [-0.25, -0.2) is 0 Å². The van der Waals surface area contributed by atoms with Crippen molar-refractivity contribution in [3.63, 3.8) is 0 Å². The van der Waals surface area contributed by atoms with Crippen LogP contribution in [0.1, 0.15) is 42.7 Å². The molecule has 1 saturated heterocycles. The van der Waals surface area contributed by atoms with E-state index in [0.717, 1.165) is 32.4 Å². The van der Waals surface area contributed by atoms with Gasteiger partial charge in [0.05, 0.1) is 12.0 Å². The summed E-state index contributed by atoms with van der Waals surface area (Å²) in [7, 11) is 0. The molecule has 3 atom stereocenters. The van der Waals surface area contributed by atoms with Crippen LogP contribution in [0.2, 0.25) is 0 Å². The molecular weight excluding hydrogens is 270 g/mol. The Morgan fingerprint density at radius 3 is 2.90 bits per heavy atom. The van der Waals surface area contributed by atoms with Gasteiger partial charge < -0.3 is 11.5 Å². The standard InChI is InChI=1S/C15H25N3OS/c1-3-12(16)13(14-10(2)6-8-20-14)18-7-4-5-11(9-18)15(17)19/h6,8,11-13H,3-5,7,9,16H2,1-2H3,(H2,17,19). The van der Waals surface area contributed by atoms with Crippen LogP contribution in [0.3, 0.4) is 0 Å². The van der Waals surface area contributed by atoms with Gasteiger partial charge in [-0.3, -0.25) is 9.69 Å². The number of likely N-dealkylation sites (tertiary alicyclic amines) is 1. The lowest BCUT2D eigenvalue weighted by Crippen LogP contribution is -2.47. The third-order valence-corrected chi connectivity index (χ3v) is 5.39. The summed E-state index contributed by atoms with van der Waals surface area (Å²) >= 11 is 1.77. The summed E-state index contributed by atoms with van der Waals surface area (Å²) in [6.07, 6.45) is 2.86. The molecule has 0 saturated carbocycles. The molecule has 112 valence electrons. The number of piperidine rings is 1. The number of carbonyl (C=O) groups excluding carboxylic acids is 1. The van der Waals surface area contributed by atoms with E-state index in [0.29, 0.717) is 0 Å². The quantitative estimate of drug-likeness (QED) is 0.873. The van der Waals surface area contributed by atoms with E-state index in [4.69, 9.17) is 11.5 Å². The van der Waals surface area contributed by atoms with Gasteiger partial charge in [0.2, 0.25) is 5.91 Å². The average Bonchev–Trinajstić information content (AvgIpc) is 2.85. The highest BCUT2D eigenvalue weighted by Gasteiger charge is 2.33. The van der Waals surface area contributed by atoms with Crippen molar-refractivity contribution in [1.29, 1.82) is 0 Å². The largest absolute Gasteiger partial charge is 0.369 e. The minimum Gasteiger partial charge on any atom is -0.369 e. The Morgan fingerprint density at radius 1 is 1.60 bits per heavy atom. The zero-order chi connectivity index (χ0) is 14.7. The van der Waals surface area contributed by atoms with Gasteiger partial charge in [-0.1, -0.05) is 6.92 Å². The lowest BCUT2D eigenvalue weighted by atomic mass is 9.92. The highest BCUT2D eigenvalue weighted by atomic mass is 32.1. The number of thiophene rings is 1. The summed E-state index contributed by atoms with van der Waals surface area (Å²) in [6.45, 7) is 6.00. The Labute approximate surface area is 125 Å². The molecule has 1 aliphatic rings. The van der Waals surface area contributed by atoms with Crippen LogP contribution in [0, 0.1) is 12.8 Å². The van der Waals surface area contributed by atoms with Gasteiger partial charge in [0, 0.05) is 17.5 Å².